The first-order valence-corrected chi connectivity index (χ1v) is 6.99. The summed E-state index contributed by atoms with van der Waals surface area (Å²) in [6.45, 7) is 6.37. The molecule has 4 heteroatoms. The van der Waals surface area contributed by atoms with Crippen LogP contribution in [-0.2, 0) is 6.54 Å². The third-order valence-electron chi connectivity index (χ3n) is 3.14. The molecule has 0 spiro atoms. The van der Waals surface area contributed by atoms with Gasteiger partial charge in [-0.15, -0.1) is 0 Å². The highest BCUT2D eigenvalue weighted by Gasteiger charge is 2.13. The molecule has 110 valence electrons. The molecule has 4 nitrogen and oxygen atoms in total. The topological polar surface area (TPSA) is 48.3 Å². The Balaban J connectivity index is 2.57. The molecule has 0 fully saturated rings. The molecule has 20 heavy (non-hydrogen) atoms. The van der Waals surface area contributed by atoms with Crippen LogP contribution in [0.3, 0.4) is 0 Å². The molecule has 0 saturated carbocycles. The quantitative estimate of drug-likeness (QED) is 0.790. The molecule has 1 rings (SSSR count). The largest absolute Gasteiger partial charge is 0.479 e. The number of hydrogen-bond donors (Lipinski definition) is 1. The van der Waals surface area contributed by atoms with Crippen molar-refractivity contribution in [2.24, 2.45) is 5.92 Å². The maximum atomic E-state index is 8.53. The van der Waals surface area contributed by atoms with Crippen LogP contribution in [0.25, 0.3) is 0 Å². The summed E-state index contributed by atoms with van der Waals surface area (Å²) in [4.78, 5) is 2.20. The Morgan fingerprint density at radius 2 is 2.10 bits per heavy atom. The molecule has 0 aliphatic rings. The van der Waals surface area contributed by atoms with E-state index in [1.165, 1.54) is 5.56 Å². The van der Waals surface area contributed by atoms with E-state index in [2.05, 4.69) is 44.2 Å². The third-order valence-corrected chi connectivity index (χ3v) is 3.14. The standard InChI is InChI=1S/C16H25N3O/c1-13(2)16(12-19(3)4)18-11-14-6-5-7-15(10-14)20-9-8-17/h5-7,10,13,16,18H,9,11-12H2,1-4H3. The van der Waals surface area contributed by atoms with E-state index < -0.39 is 0 Å². The molecule has 0 aliphatic carbocycles. The van der Waals surface area contributed by atoms with Gasteiger partial charge in [0, 0.05) is 19.1 Å². The smallest absolute Gasteiger partial charge is 0.174 e. The predicted molar refractivity (Wildman–Crippen MR) is 81.6 cm³/mol. The number of hydrogen-bond acceptors (Lipinski definition) is 4. The molecule has 0 amide bonds. The van der Waals surface area contributed by atoms with Crippen LogP contribution in [-0.4, -0.2) is 38.2 Å². The summed E-state index contributed by atoms with van der Waals surface area (Å²) >= 11 is 0. The zero-order valence-corrected chi connectivity index (χ0v) is 12.9. The van der Waals surface area contributed by atoms with Crippen molar-refractivity contribution in [3.8, 4) is 11.8 Å². The second-order valence-corrected chi connectivity index (χ2v) is 5.59. The molecule has 0 bridgehead atoms. The van der Waals surface area contributed by atoms with Gasteiger partial charge in [0.1, 0.15) is 11.8 Å². The molecule has 1 atom stereocenters. The average molecular weight is 275 g/mol. The summed E-state index contributed by atoms with van der Waals surface area (Å²) < 4.78 is 5.32. The summed E-state index contributed by atoms with van der Waals surface area (Å²) in [5.41, 5.74) is 1.17. The molecule has 1 unspecified atom stereocenters. The lowest BCUT2D eigenvalue weighted by Gasteiger charge is -2.25. The Labute approximate surface area is 122 Å². The second-order valence-electron chi connectivity index (χ2n) is 5.59. The highest BCUT2D eigenvalue weighted by atomic mass is 16.5. The van der Waals surface area contributed by atoms with Crippen LogP contribution in [0.15, 0.2) is 24.3 Å². The zero-order chi connectivity index (χ0) is 15.0. The highest BCUT2D eigenvalue weighted by molar-refractivity contribution is 5.28. The van der Waals surface area contributed by atoms with Crippen molar-refractivity contribution in [2.75, 3.05) is 27.2 Å². The van der Waals surface area contributed by atoms with Crippen LogP contribution >= 0.6 is 0 Å². The summed E-state index contributed by atoms with van der Waals surface area (Å²) in [6, 6.07) is 10.3. The van der Waals surface area contributed by atoms with E-state index in [4.69, 9.17) is 10.00 Å². The van der Waals surface area contributed by atoms with Crippen LogP contribution < -0.4 is 10.1 Å². The lowest BCUT2D eigenvalue weighted by atomic mass is 10.0. The van der Waals surface area contributed by atoms with E-state index in [-0.39, 0.29) is 6.61 Å². The van der Waals surface area contributed by atoms with Crippen LogP contribution in [0, 0.1) is 17.2 Å². The van der Waals surface area contributed by atoms with Gasteiger partial charge in [-0.2, -0.15) is 5.26 Å². The van der Waals surface area contributed by atoms with Gasteiger partial charge in [-0.05, 0) is 37.7 Å². The molecule has 0 heterocycles. The van der Waals surface area contributed by atoms with Crippen molar-refractivity contribution in [3.63, 3.8) is 0 Å². The zero-order valence-electron chi connectivity index (χ0n) is 12.9. The first-order chi connectivity index (χ1) is 9.52. The van der Waals surface area contributed by atoms with E-state index in [1.807, 2.05) is 24.3 Å². The van der Waals surface area contributed by atoms with E-state index in [1.54, 1.807) is 0 Å². The summed E-state index contributed by atoms with van der Waals surface area (Å²) in [5, 5.41) is 12.1. The molecule has 1 aromatic carbocycles. The van der Waals surface area contributed by atoms with Crippen LogP contribution in [0.4, 0.5) is 0 Å². The summed E-state index contributed by atoms with van der Waals surface area (Å²) in [7, 11) is 4.18. The molecule has 0 aromatic heterocycles. The maximum absolute atomic E-state index is 8.53. The molecule has 1 aromatic rings. The molecule has 0 radical (unpaired) electrons. The fraction of sp³-hybridized carbons (Fsp3) is 0.562. The summed E-state index contributed by atoms with van der Waals surface area (Å²) in [6.07, 6.45) is 0. The van der Waals surface area contributed by atoms with Crippen molar-refractivity contribution in [1.82, 2.24) is 10.2 Å². The third kappa shape index (κ3) is 6.05. The van der Waals surface area contributed by atoms with Crippen molar-refractivity contribution in [1.29, 1.82) is 5.26 Å². The van der Waals surface area contributed by atoms with Crippen molar-refractivity contribution >= 4 is 0 Å². The van der Waals surface area contributed by atoms with Gasteiger partial charge in [-0.1, -0.05) is 26.0 Å². The Morgan fingerprint density at radius 1 is 1.35 bits per heavy atom. The number of likely N-dealkylation sites (N-methyl/N-ethyl adjacent to an activating group) is 1. The minimum absolute atomic E-state index is 0.0894. The fourth-order valence-corrected chi connectivity index (χ4v) is 2.01. The van der Waals surface area contributed by atoms with Crippen LogP contribution in [0.1, 0.15) is 19.4 Å². The van der Waals surface area contributed by atoms with Gasteiger partial charge in [-0.3, -0.25) is 0 Å². The van der Waals surface area contributed by atoms with Crippen molar-refractivity contribution in [2.45, 2.75) is 26.4 Å². The van der Waals surface area contributed by atoms with Gasteiger partial charge in [0.2, 0.25) is 0 Å². The number of benzene rings is 1. The number of rotatable bonds is 8. The monoisotopic (exact) mass is 275 g/mol. The van der Waals surface area contributed by atoms with E-state index in [9.17, 15) is 0 Å². The van der Waals surface area contributed by atoms with Gasteiger partial charge in [0.05, 0.1) is 0 Å². The minimum atomic E-state index is 0.0894. The van der Waals surface area contributed by atoms with Crippen LogP contribution in [0.5, 0.6) is 5.75 Å². The van der Waals surface area contributed by atoms with E-state index in [0.717, 1.165) is 18.8 Å². The first-order valence-electron chi connectivity index (χ1n) is 6.99. The van der Waals surface area contributed by atoms with E-state index in [0.29, 0.717) is 12.0 Å². The molecule has 1 N–H and O–H groups in total. The summed E-state index contributed by atoms with van der Waals surface area (Å²) in [5.74, 6) is 1.33. The lowest BCUT2D eigenvalue weighted by Crippen LogP contribution is -2.41. The Bertz CT molecular complexity index is 438. The lowest BCUT2D eigenvalue weighted by molar-refractivity contribution is 0.288. The van der Waals surface area contributed by atoms with E-state index >= 15 is 0 Å². The van der Waals surface area contributed by atoms with Gasteiger partial charge in [0.25, 0.3) is 0 Å². The molecular formula is C16H25N3O. The SMILES string of the molecule is CC(C)C(CN(C)C)NCc1cccc(OCC#N)c1. The normalized spacial score (nSPS) is 12.4. The Hall–Kier alpha value is -1.57. The second kappa shape index (κ2) is 8.57. The van der Waals surface area contributed by atoms with Crippen molar-refractivity contribution in [3.05, 3.63) is 29.8 Å². The predicted octanol–water partition coefficient (Wildman–Crippen LogP) is 2.26. The number of nitriles is 1. The molecular weight excluding hydrogens is 250 g/mol. The molecule has 0 aliphatic heterocycles. The minimum Gasteiger partial charge on any atom is -0.479 e. The van der Waals surface area contributed by atoms with Gasteiger partial charge < -0.3 is 15.0 Å². The van der Waals surface area contributed by atoms with Gasteiger partial charge >= 0.3 is 0 Å². The number of nitrogens with zero attached hydrogens (tertiary/aromatic N) is 2. The van der Waals surface area contributed by atoms with Gasteiger partial charge in [0.15, 0.2) is 6.61 Å². The maximum Gasteiger partial charge on any atom is 0.174 e. The fourth-order valence-electron chi connectivity index (χ4n) is 2.01. The Morgan fingerprint density at radius 3 is 2.70 bits per heavy atom. The first kappa shape index (κ1) is 16.5. The number of nitrogens with one attached hydrogen (secondary N) is 1. The Kier molecular flexibility index (Phi) is 7.06. The van der Waals surface area contributed by atoms with Crippen molar-refractivity contribution < 1.29 is 4.74 Å². The van der Waals surface area contributed by atoms with Gasteiger partial charge in [-0.25, -0.2) is 0 Å². The highest BCUT2D eigenvalue weighted by Crippen LogP contribution is 2.14. The number of ether oxygens (including phenoxy) is 1. The molecule has 0 saturated heterocycles. The van der Waals surface area contributed by atoms with Crippen LogP contribution in [0.2, 0.25) is 0 Å². The average Bonchev–Trinajstić information content (AvgIpc) is 2.41.